The summed E-state index contributed by atoms with van der Waals surface area (Å²) in [6.45, 7) is 6.58. The molecule has 2 N–H and O–H groups in total. The van der Waals surface area contributed by atoms with Gasteiger partial charge >= 0.3 is 0 Å². The number of likely N-dealkylation sites (tertiary alicyclic amines) is 1. The molecular weight excluding hydrogens is 434 g/mol. The number of imidazole rings is 1. The summed E-state index contributed by atoms with van der Waals surface area (Å²) in [5.74, 6) is 1.06. The highest BCUT2D eigenvalue weighted by Gasteiger charge is 2.45. The Labute approximate surface area is 199 Å². The molecule has 3 aliphatic rings. The lowest BCUT2D eigenvalue weighted by Gasteiger charge is -2.34. The van der Waals surface area contributed by atoms with Crippen molar-refractivity contribution in [3.8, 4) is 0 Å². The first-order valence-corrected chi connectivity index (χ1v) is 12.4. The maximum absolute atomic E-state index is 13.8. The Hall–Kier alpha value is -2.75. The number of hydrogen-bond donors (Lipinski definition) is 2. The predicted molar refractivity (Wildman–Crippen MR) is 124 cm³/mol. The zero-order valence-corrected chi connectivity index (χ0v) is 20.2. The fourth-order valence-corrected chi connectivity index (χ4v) is 5.37. The molecule has 1 aliphatic carbocycles. The topological polar surface area (TPSA) is 118 Å². The van der Waals surface area contributed by atoms with Crippen molar-refractivity contribution in [3.05, 3.63) is 30.1 Å². The predicted octanol–water partition coefficient (Wildman–Crippen LogP) is 1.59. The van der Waals surface area contributed by atoms with Gasteiger partial charge in [-0.2, -0.15) is 0 Å². The molecule has 3 unspecified atom stereocenters. The number of nitrogens with one attached hydrogen (secondary N) is 1. The van der Waals surface area contributed by atoms with Crippen LogP contribution in [0.2, 0.25) is 0 Å². The summed E-state index contributed by atoms with van der Waals surface area (Å²) in [5, 5.41) is 22.0. The molecular formula is C24H35N7O3. The molecule has 2 aromatic rings. The first kappa shape index (κ1) is 23.0. The van der Waals surface area contributed by atoms with Crippen LogP contribution >= 0.6 is 0 Å². The Balaban J connectivity index is 1.31. The van der Waals surface area contributed by atoms with E-state index in [-0.39, 0.29) is 30.8 Å². The monoisotopic (exact) mass is 469 g/mol. The van der Waals surface area contributed by atoms with Gasteiger partial charge < -0.3 is 19.9 Å². The van der Waals surface area contributed by atoms with Crippen LogP contribution in [0.1, 0.15) is 82.4 Å². The second-order valence-corrected chi connectivity index (χ2v) is 11.1. The first-order chi connectivity index (χ1) is 16.2. The Morgan fingerprint density at radius 1 is 1.26 bits per heavy atom. The summed E-state index contributed by atoms with van der Waals surface area (Å²) in [6.07, 6.45) is 10.3. The highest BCUT2D eigenvalue weighted by molar-refractivity contribution is 5.90. The molecule has 34 heavy (non-hydrogen) atoms. The number of aliphatic hydroxyl groups excluding tert-OH is 1. The molecule has 4 heterocycles. The Morgan fingerprint density at radius 2 is 2.06 bits per heavy atom. The van der Waals surface area contributed by atoms with Gasteiger partial charge in [0.25, 0.3) is 0 Å². The van der Waals surface area contributed by atoms with Gasteiger partial charge in [0, 0.05) is 50.4 Å². The van der Waals surface area contributed by atoms with E-state index in [1.54, 1.807) is 10.9 Å². The number of β-amino-alcohol motifs (C(OH)–C–C–N with tert-alkyl or cyclic N) is 1. The first-order valence-electron chi connectivity index (χ1n) is 12.4. The smallest absolute Gasteiger partial charge is 0.248 e. The third-order valence-electron chi connectivity index (χ3n) is 7.30. The van der Waals surface area contributed by atoms with Crippen LogP contribution in [0.3, 0.4) is 0 Å². The van der Waals surface area contributed by atoms with Crippen molar-refractivity contribution in [1.82, 2.24) is 34.8 Å². The third kappa shape index (κ3) is 4.47. The Morgan fingerprint density at radius 3 is 2.79 bits per heavy atom. The van der Waals surface area contributed by atoms with Crippen molar-refractivity contribution in [3.63, 3.8) is 0 Å². The fraction of sp³-hybridized carbons (Fsp3) is 0.708. The van der Waals surface area contributed by atoms with E-state index in [4.69, 9.17) is 0 Å². The van der Waals surface area contributed by atoms with Crippen molar-refractivity contribution < 1.29 is 14.7 Å². The van der Waals surface area contributed by atoms with Gasteiger partial charge in [-0.15, -0.1) is 5.10 Å². The summed E-state index contributed by atoms with van der Waals surface area (Å²) in [5.41, 5.74) is 0.476. The quantitative estimate of drug-likeness (QED) is 0.663. The second kappa shape index (κ2) is 8.79. The number of fused-ring (bicyclic) bond motifs is 1. The number of rotatable bonds is 6. The maximum Gasteiger partial charge on any atom is 0.248 e. The minimum atomic E-state index is -0.729. The second-order valence-electron chi connectivity index (χ2n) is 11.1. The van der Waals surface area contributed by atoms with E-state index in [1.807, 2.05) is 33.2 Å². The molecule has 0 radical (unpaired) electrons. The number of amides is 2. The minimum absolute atomic E-state index is 0.142. The molecule has 10 nitrogen and oxygen atoms in total. The molecule has 2 aliphatic heterocycles. The van der Waals surface area contributed by atoms with E-state index < -0.39 is 23.6 Å². The molecule has 1 saturated heterocycles. The van der Waals surface area contributed by atoms with E-state index in [9.17, 15) is 14.7 Å². The Bertz CT molecular complexity index is 1050. The molecule has 0 bridgehead atoms. The van der Waals surface area contributed by atoms with Crippen LogP contribution in [-0.4, -0.2) is 71.6 Å². The summed E-state index contributed by atoms with van der Waals surface area (Å²) in [4.78, 5) is 33.0. The van der Waals surface area contributed by atoms with Crippen LogP contribution in [0.4, 0.5) is 0 Å². The normalized spacial score (nSPS) is 25.8. The van der Waals surface area contributed by atoms with Crippen LogP contribution in [0, 0.1) is 5.41 Å². The van der Waals surface area contributed by atoms with Gasteiger partial charge in [-0.05, 0) is 31.1 Å². The SMILES string of the molecule is CC(C)(C)[C@@H](C(=O)N1CC(O)CC1C(=O)NCC1CCCc2nccn21)n1cc(C2CC2)nn1. The van der Waals surface area contributed by atoms with Gasteiger partial charge in [-0.3, -0.25) is 9.59 Å². The third-order valence-corrected chi connectivity index (χ3v) is 7.30. The molecule has 2 aromatic heterocycles. The molecule has 2 fully saturated rings. The number of carbonyl (C=O) groups is 2. The molecule has 2 amide bonds. The lowest BCUT2D eigenvalue weighted by atomic mass is 9.85. The highest BCUT2D eigenvalue weighted by atomic mass is 16.3. The molecule has 1 saturated carbocycles. The largest absolute Gasteiger partial charge is 0.391 e. The van der Waals surface area contributed by atoms with Crippen LogP contribution in [0.25, 0.3) is 0 Å². The van der Waals surface area contributed by atoms with E-state index in [0.717, 1.165) is 43.6 Å². The van der Waals surface area contributed by atoms with Crippen LogP contribution < -0.4 is 5.32 Å². The van der Waals surface area contributed by atoms with Crippen molar-refractivity contribution in [2.45, 2.75) is 89.4 Å². The van der Waals surface area contributed by atoms with E-state index in [2.05, 4.69) is 25.2 Å². The lowest BCUT2D eigenvalue weighted by molar-refractivity contribution is -0.144. The van der Waals surface area contributed by atoms with Crippen LogP contribution in [-0.2, 0) is 16.0 Å². The van der Waals surface area contributed by atoms with E-state index in [1.165, 1.54) is 4.90 Å². The van der Waals surface area contributed by atoms with E-state index in [0.29, 0.717) is 12.5 Å². The summed E-state index contributed by atoms with van der Waals surface area (Å²) in [7, 11) is 0. The summed E-state index contributed by atoms with van der Waals surface area (Å²) < 4.78 is 3.78. The molecule has 5 rings (SSSR count). The van der Waals surface area contributed by atoms with Crippen molar-refractivity contribution in [2.75, 3.05) is 13.1 Å². The zero-order chi connectivity index (χ0) is 24.0. The van der Waals surface area contributed by atoms with E-state index >= 15 is 0 Å². The number of carbonyl (C=O) groups excluding carboxylic acids is 2. The van der Waals surface area contributed by atoms with Gasteiger partial charge in [0.2, 0.25) is 11.8 Å². The summed E-state index contributed by atoms with van der Waals surface area (Å²) in [6, 6.07) is -1.16. The van der Waals surface area contributed by atoms with Gasteiger partial charge in [0.1, 0.15) is 17.9 Å². The number of aryl methyl sites for hydroxylation is 1. The number of aromatic nitrogens is 5. The number of aliphatic hydroxyl groups is 1. The molecule has 0 spiro atoms. The van der Waals surface area contributed by atoms with Crippen LogP contribution in [0.15, 0.2) is 18.6 Å². The minimum Gasteiger partial charge on any atom is -0.391 e. The average molecular weight is 470 g/mol. The molecule has 4 atom stereocenters. The number of hydrogen-bond acceptors (Lipinski definition) is 6. The molecule has 10 heteroatoms. The van der Waals surface area contributed by atoms with Gasteiger partial charge in [0.15, 0.2) is 0 Å². The van der Waals surface area contributed by atoms with Crippen molar-refractivity contribution in [2.24, 2.45) is 5.41 Å². The van der Waals surface area contributed by atoms with Gasteiger partial charge in [-0.1, -0.05) is 26.0 Å². The average Bonchev–Trinajstić information content (AvgIpc) is 3.17. The van der Waals surface area contributed by atoms with Crippen molar-refractivity contribution >= 4 is 11.8 Å². The van der Waals surface area contributed by atoms with Gasteiger partial charge in [-0.25, -0.2) is 9.67 Å². The zero-order valence-electron chi connectivity index (χ0n) is 20.2. The molecule has 0 aromatic carbocycles. The summed E-state index contributed by atoms with van der Waals surface area (Å²) >= 11 is 0. The van der Waals surface area contributed by atoms with Crippen LogP contribution in [0.5, 0.6) is 0 Å². The van der Waals surface area contributed by atoms with Gasteiger partial charge in [0.05, 0.1) is 17.8 Å². The standard InChI is InChI=1S/C24H35N7O3/c1-24(2,3)21(31-14-18(27-28-31)15-7-8-15)23(34)30-13-17(32)11-19(30)22(33)26-12-16-5-4-6-20-25-9-10-29(16)20/h9-10,14-17,19,21,32H,4-8,11-13H2,1-3H3,(H,26,33)/t16?,17?,19?,21-/m1/s1. The maximum atomic E-state index is 13.8. The Kier molecular flexibility index (Phi) is 5.95. The fourth-order valence-electron chi connectivity index (χ4n) is 5.37. The number of nitrogens with zero attached hydrogens (tertiary/aromatic N) is 6. The van der Waals surface area contributed by atoms with Crippen molar-refractivity contribution in [1.29, 1.82) is 0 Å². The highest BCUT2D eigenvalue weighted by Crippen LogP contribution is 2.40. The molecule has 184 valence electrons. The lowest BCUT2D eigenvalue weighted by Crippen LogP contribution is -2.51.